The Labute approximate surface area is 175 Å². The minimum atomic E-state index is -3.47. The highest BCUT2D eigenvalue weighted by molar-refractivity contribution is 7.90. The van der Waals surface area contributed by atoms with Gasteiger partial charge in [-0.05, 0) is 47.9 Å². The molecule has 0 saturated heterocycles. The molecule has 7 heteroatoms. The molecule has 0 aliphatic carbocycles. The molecule has 0 fully saturated rings. The molecule has 1 amide bonds. The molecule has 2 aromatic carbocycles. The zero-order valence-corrected chi connectivity index (χ0v) is 17.7. The third kappa shape index (κ3) is 5.22. The Morgan fingerprint density at radius 2 is 1.83 bits per heavy atom. The normalized spacial score (nSPS) is 11.3. The summed E-state index contributed by atoms with van der Waals surface area (Å²) in [5.74, 6) is -0.340. The van der Waals surface area contributed by atoms with Crippen molar-refractivity contribution in [2.75, 3.05) is 6.26 Å². The number of carbonyl (C=O) groups is 1. The number of aromatic nitrogens is 1. The monoisotopic (exact) mass is 428 g/mol. The minimum Gasteiger partial charge on any atom is -0.330 e. The average molecular weight is 429 g/mol. The summed E-state index contributed by atoms with van der Waals surface area (Å²) in [6, 6.07) is 15.7. The largest absolute Gasteiger partial charge is 0.330 e. The number of rotatable bonds is 6. The van der Waals surface area contributed by atoms with Gasteiger partial charge in [-0.25, -0.2) is 8.42 Å². The molecular weight excluding hydrogens is 408 g/mol. The molecule has 0 aliphatic heterocycles. The molecule has 1 heterocycles. The van der Waals surface area contributed by atoms with Crippen LogP contribution in [-0.2, 0) is 22.9 Å². The Hall–Kier alpha value is -2.70. The van der Waals surface area contributed by atoms with Gasteiger partial charge in [-0.3, -0.25) is 9.78 Å². The Bertz CT molecular complexity index is 1130. The van der Waals surface area contributed by atoms with E-state index in [-0.39, 0.29) is 21.4 Å². The topological polar surface area (TPSA) is 67.3 Å². The van der Waals surface area contributed by atoms with Gasteiger partial charge in [-0.2, -0.15) is 0 Å². The van der Waals surface area contributed by atoms with Crippen LogP contribution in [0.1, 0.15) is 27.0 Å². The number of halogens is 1. The zero-order valence-electron chi connectivity index (χ0n) is 16.2. The molecule has 3 aromatic rings. The fraction of sp³-hybridized carbons (Fsp3) is 0.182. The van der Waals surface area contributed by atoms with Gasteiger partial charge < -0.3 is 4.90 Å². The summed E-state index contributed by atoms with van der Waals surface area (Å²) in [5.41, 5.74) is 3.09. The summed E-state index contributed by atoms with van der Waals surface area (Å²) in [4.78, 5) is 19.2. The van der Waals surface area contributed by atoms with E-state index in [9.17, 15) is 13.2 Å². The van der Waals surface area contributed by atoms with Crippen LogP contribution in [0.2, 0.25) is 5.02 Å². The Morgan fingerprint density at radius 3 is 2.48 bits per heavy atom. The first-order valence-corrected chi connectivity index (χ1v) is 11.2. The second kappa shape index (κ2) is 8.76. The van der Waals surface area contributed by atoms with Crippen molar-refractivity contribution in [1.82, 2.24) is 9.88 Å². The van der Waals surface area contributed by atoms with Crippen molar-refractivity contribution in [2.24, 2.45) is 0 Å². The Kier molecular flexibility index (Phi) is 6.35. The van der Waals surface area contributed by atoms with E-state index in [0.717, 1.165) is 22.9 Å². The predicted octanol–water partition coefficient (Wildman–Crippen LogP) is 4.29. The molecule has 0 atom stereocenters. The summed E-state index contributed by atoms with van der Waals surface area (Å²) in [5, 5.41) is 0.211. The molecule has 0 N–H and O–H groups in total. The summed E-state index contributed by atoms with van der Waals surface area (Å²) < 4.78 is 23.9. The maximum atomic E-state index is 13.4. The van der Waals surface area contributed by atoms with Crippen LogP contribution >= 0.6 is 11.6 Å². The minimum absolute atomic E-state index is 0.0578. The van der Waals surface area contributed by atoms with Crippen LogP contribution in [0.5, 0.6) is 0 Å². The molecule has 0 unspecified atom stereocenters. The van der Waals surface area contributed by atoms with Gasteiger partial charge in [-0.1, -0.05) is 41.9 Å². The zero-order chi connectivity index (χ0) is 21.0. The van der Waals surface area contributed by atoms with Gasteiger partial charge in [0, 0.05) is 31.7 Å². The van der Waals surface area contributed by atoms with Crippen molar-refractivity contribution in [1.29, 1.82) is 0 Å². The van der Waals surface area contributed by atoms with Gasteiger partial charge in [0.25, 0.3) is 5.91 Å². The first kappa shape index (κ1) is 21.0. The maximum absolute atomic E-state index is 13.4. The highest BCUT2D eigenvalue weighted by Crippen LogP contribution is 2.24. The molecule has 150 valence electrons. The summed E-state index contributed by atoms with van der Waals surface area (Å²) in [6.07, 6.45) is 4.47. The van der Waals surface area contributed by atoms with E-state index in [0.29, 0.717) is 13.1 Å². The molecule has 1 aromatic heterocycles. The number of hydrogen-bond donors (Lipinski definition) is 0. The van der Waals surface area contributed by atoms with Crippen LogP contribution in [0.3, 0.4) is 0 Å². The van der Waals surface area contributed by atoms with Crippen LogP contribution in [0, 0.1) is 6.92 Å². The number of pyridine rings is 1. The number of hydrogen-bond acceptors (Lipinski definition) is 4. The third-order valence-electron chi connectivity index (χ3n) is 4.60. The van der Waals surface area contributed by atoms with E-state index in [1.54, 1.807) is 17.3 Å². The lowest BCUT2D eigenvalue weighted by molar-refractivity contribution is 0.0729. The lowest BCUT2D eigenvalue weighted by Crippen LogP contribution is -2.31. The van der Waals surface area contributed by atoms with Crippen molar-refractivity contribution < 1.29 is 13.2 Å². The summed E-state index contributed by atoms with van der Waals surface area (Å²) in [6.45, 7) is 2.67. The maximum Gasteiger partial charge on any atom is 0.256 e. The third-order valence-corrected chi connectivity index (χ3v) is 6.04. The smallest absolute Gasteiger partial charge is 0.256 e. The summed E-state index contributed by atoms with van der Waals surface area (Å²) in [7, 11) is -3.47. The quantitative estimate of drug-likeness (QED) is 0.587. The Balaban J connectivity index is 2.01. The average Bonchev–Trinajstić information content (AvgIpc) is 2.69. The van der Waals surface area contributed by atoms with Crippen LogP contribution in [0.15, 0.2) is 71.9 Å². The van der Waals surface area contributed by atoms with E-state index in [1.807, 2.05) is 43.3 Å². The number of nitrogens with zero attached hydrogens (tertiary/aromatic N) is 2. The first-order valence-electron chi connectivity index (χ1n) is 8.98. The van der Waals surface area contributed by atoms with E-state index in [1.165, 1.54) is 18.2 Å². The highest BCUT2D eigenvalue weighted by atomic mass is 35.5. The number of amides is 1. The van der Waals surface area contributed by atoms with Crippen molar-refractivity contribution in [3.63, 3.8) is 0 Å². The SMILES string of the molecule is Cc1ccccc1CN(Cc1cccnc1)C(=O)c1cc(S(C)(=O)=O)ccc1Cl. The van der Waals surface area contributed by atoms with Crippen LogP contribution < -0.4 is 0 Å². The number of sulfone groups is 1. The van der Waals surface area contributed by atoms with Crippen LogP contribution in [-0.4, -0.2) is 30.5 Å². The lowest BCUT2D eigenvalue weighted by atomic mass is 10.1. The lowest BCUT2D eigenvalue weighted by Gasteiger charge is -2.24. The number of benzene rings is 2. The molecule has 0 spiro atoms. The molecule has 0 aliphatic rings. The molecule has 5 nitrogen and oxygen atoms in total. The number of carbonyl (C=O) groups excluding carboxylic acids is 1. The molecule has 29 heavy (non-hydrogen) atoms. The van der Waals surface area contributed by atoms with Gasteiger partial charge in [0.1, 0.15) is 0 Å². The molecular formula is C22H21ClN2O3S. The van der Waals surface area contributed by atoms with E-state index < -0.39 is 9.84 Å². The van der Waals surface area contributed by atoms with E-state index >= 15 is 0 Å². The standard InChI is InChI=1S/C22H21ClN2O3S/c1-16-6-3-4-8-18(16)15-25(14-17-7-5-11-24-13-17)22(26)20-12-19(29(2,27)28)9-10-21(20)23/h3-13H,14-15H2,1-2H3. The van der Waals surface area contributed by atoms with Gasteiger partial charge >= 0.3 is 0 Å². The summed E-state index contributed by atoms with van der Waals surface area (Å²) >= 11 is 6.27. The molecule has 0 bridgehead atoms. The van der Waals surface area contributed by atoms with Crippen molar-refractivity contribution >= 4 is 27.3 Å². The second-order valence-corrected chi connectivity index (χ2v) is 9.29. The van der Waals surface area contributed by atoms with Gasteiger partial charge in [0.2, 0.25) is 0 Å². The first-order chi connectivity index (χ1) is 13.8. The fourth-order valence-electron chi connectivity index (χ4n) is 2.97. The van der Waals surface area contributed by atoms with Gasteiger partial charge in [0.15, 0.2) is 9.84 Å². The van der Waals surface area contributed by atoms with E-state index in [2.05, 4.69) is 4.98 Å². The van der Waals surface area contributed by atoms with Crippen LogP contribution in [0.4, 0.5) is 0 Å². The molecule has 3 rings (SSSR count). The fourth-order valence-corrected chi connectivity index (χ4v) is 3.82. The highest BCUT2D eigenvalue weighted by Gasteiger charge is 2.22. The van der Waals surface area contributed by atoms with E-state index in [4.69, 9.17) is 11.6 Å². The van der Waals surface area contributed by atoms with Gasteiger partial charge in [-0.15, -0.1) is 0 Å². The van der Waals surface area contributed by atoms with Crippen molar-refractivity contribution in [3.05, 3.63) is 94.3 Å². The molecule has 0 radical (unpaired) electrons. The van der Waals surface area contributed by atoms with Gasteiger partial charge in [0.05, 0.1) is 15.5 Å². The second-order valence-electron chi connectivity index (χ2n) is 6.86. The van der Waals surface area contributed by atoms with Crippen molar-refractivity contribution in [2.45, 2.75) is 24.9 Å². The van der Waals surface area contributed by atoms with Crippen LogP contribution in [0.25, 0.3) is 0 Å². The van der Waals surface area contributed by atoms with Crippen molar-refractivity contribution in [3.8, 4) is 0 Å². The number of aryl methyl sites for hydroxylation is 1. The Morgan fingerprint density at radius 1 is 1.07 bits per heavy atom. The molecule has 0 saturated carbocycles. The predicted molar refractivity (Wildman–Crippen MR) is 114 cm³/mol.